The maximum absolute atomic E-state index is 13.4. The van der Waals surface area contributed by atoms with Gasteiger partial charge in [-0.3, -0.25) is 4.79 Å². The molecule has 206 valence electrons. The van der Waals surface area contributed by atoms with Crippen molar-refractivity contribution < 1.29 is 9.47 Å². The topological polar surface area (TPSA) is 83.5 Å². The van der Waals surface area contributed by atoms with Crippen molar-refractivity contribution in [3.8, 4) is 39.8 Å². The van der Waals surface area contributed by atoms with Gasteiger partial charge in [0.25, 0.3) is 5.56 Å². The molecule has 0 fully saturated rings. The van der Waals surface area contributed by atoms with Crippen LogP contribution in [-0.2, 0) is 0 Å². The molecule has 0 amide bonds. The summed E-state index contributed by atoms with van der Waals surface area (Å²) in [4.78, 5) is 18.6. The summed E-state index contributed by atoms with van der Waals surface area (Å²) in [5.41, 5.74) is 5.14. The Morgan fingerprint density at radius 1 is 0.927 bits per heavy atom. The highest BCUT2D eigenvalue weighted by molar-refractivity contribution is 7.15. The van der Waals surface area contributed by atoms with Crippen LogP contribution in [0.25, 0.3) is 39.4 Å². The molecule has 41 heavy (non-hydrogen) atoms. The van der Waals surface area contributed by atoms with Crippen LogP contribution in [0.1, 0.15) is 31.4 Å². The number of ether oxygens (including phenoxy) is 2. The summed E-state index contributed by atoms with van der Waals surface area (Å²) in [6.45, 7) is 7.34. The van der Waals surface area contributed by atoms with Gasteiger partial charge in [-0.1, -0.05) is 36.5 Å². The van der Waals surface area contributed by atoms with Crippen LogP contribution < -0.4 is 19.6 Å². The van der Waals surface area contributed by atoms with Gasteiger partial charge in [-0.25, -0.2) is 4.68 Å². The molecule has 9 heteroatoms. The van der Waals surface area contributed by atoms with Crippen molar-refractivity contribution >= 4 is 22.4 Å². The van der Waals surface area contributed by atoms with Crippen LogP contribution in [0.3, 0.4) is 0 Å². The van der Waals surface area contributed by atoms with Gasteiger partial charge in [0.05, 0.1) is 23.4 Å². The average molecular weight is 564 g/mol. The summed E-state index contributed by atoms with van der Waals surface area (Å²) in [6, 6.07) is 23.5. The maximum atomic E-state index is 13.4. The summed E-state index contributed by atoms with van der Waals surface area (Å²) >= 11 is 1.31. The number of aromatic nitrogens is 5. The number of fused-ring (bicyclic) bond motifs is 1. The van der Waals surface area contributed by atoms with Crippen LogP contribution in [0.4, 0.5) is 0 Å². The van der Waals surface area contributed by atoms with Gasteiger partial charge in [-0.2, -0.15) is 14.6 Å². The first kappa shape index (κ1) is 26.5. The van der Waals surface area contributed by atoms with Crippen molar-refractivity contribution in [1.29, 1.82) is 0 Å². The van der Waals surface area contributed by atoms with Crippen LogP contribution in [0.2, 0.25) is 0 Å². The Labute approximate surface area is 241 Å². The van der Waals surface area contributed by atoms with Crippen molar-refractivity contribution in [2.45, 2.75) is 27.2 Å². The van der Waals surface area contributed by atoms with Crippen LogP contribution >= 0.6 is 11.3 Å². The lowest BCUT2D eigenvalue weighted by Gasteiger charge is -2.08. The SMILES string of the molecule is CCCOc1ccc(-c2nc3s/c(=C\c4cn(-c5ccccc5)nc4-c4ccc(OCC)cc4C)c(=O)n3n2)cc1. The predicted octanol–water partition coefficient (Wildman–Crippen LogP) is 5.71. The molecule has 6 aromatic rings. The van der Waals surface area contributed by atoms with Crippen molar-refractivity contribution in [2.75, 3.05) is 13.2 Å². The summed E-state index contributed by atoms with van der Waals surface area (Å²) in [5.74, 6) is 2.12. The third-order valence-electron chi connectivity index (χ3n) is 6.58. The number of benzene rings is 3. The number of hydrogen-bond donors (Lipinski definition) is 0. The lowest BCUT2D eigenvalue weighted by atomic mass is 10.0. The normalized spacial score (nSPS) is 11.8. The number of aryl methyl sites for hydroxylation is 1. The number of nitrogens with zero attached hydrogens (tertiary/aromatic N) is 5. The molecule has 3 aromatic heterocycles. The molecule has 3 aromatic carbocycles. The van der Waals surface area contributed by atoms with Gasteiger partial charge >= 0.3 is 0 Å². The Morgan fingerprint density at radius 2 is 1.71 bits per heavy atom. The van der Waals surface area contributed by atoms with Gasteiger partial charge in [0.15, 0.2) is 5.82 Å². The monoisotopic (exact) mass is 563 g/mol. The number of hydrogen-bond acceptors (Lipinski definition) is 7. The zero-order chi connectivity index (χ0) is 28.3. The third-order valence-corrected chi connectivity index (χ3v) is 7.54. The van der Waals surface area contributed by atoms with Gasteiger partial charge in [0.2, 0.25) is 4.96 Å². The second-order valence-corrected chi connectivity index (χ2v) is 10.6. The summed E-state index contributed by atoms with van der Waals surface area (Å²) in [6.07, 6.45) is 4.77. The number of rotatable bonds is 9. The van der Waals surface area contributed by atoms with E-state index in [0.717, 1.165) is 51.6 Å². The van der Waals surface area contributed by atoms with Crippen LogP contribution in [0.5, 0.6) is 11.5 Å². The van der Waals surface area contributed by atoms with Crippen LogP contribution in [-0.4, -0.2) is 37.6 Å². The van der Waals surface area contributed by atoms with E-state index >= 15 is 0 Å². The molecule has 0 unspecified atom stereocenters. The fraction of sp³-hybridized carbons (Fsp3) is 0.188. The molecule has 0 aliphatic heterocycles. The van der Waals surface area contributed by atoms with Gasteiger partial charge in [-0.05, 0) is 86.5 Å². The smallest absolute Gasteiger partial charge is 0.291 e. The minimum Gasteiger partial charge on any atom is -0.494 e. The van der Waals surface area contributed by atoms with E-state index in [0.29, 0.717) is 28.5 Å². The van der Waals surface area contributed by atoms with E-state index in [2.05, 4.69) is 17.0 Å². The van der Waals surface area contributed by atoms with E-state index in [1.54, 1.807) is 0 Å². The largest absolute Gasteiger partial charge is 0.494 e. The first-order valence-electron chi connectivity index (χ1n) is 13.6. The molecule has 0 aliphatic rings. The third kappa shape index (κ3) is 5.36. The highest BCUT2D eigenvalue weighted by Gasteiger charge is 2.16. The Morgan fingerprint density at radius 3 is 2.41 bits per heavy atom. The lowest BCUT2D eigenvalue weighted by molar-refractivity contribution is 0.317. The standard InChI is InChI=1S/C32H29N5O3S/c1-4-17-40-25-13-11-22(12-14-25)30-33-32-37(35-30)31(38)28(41-32)19-23-20-36(24-9-7-6-8-10-24)34-29(23)27-16-15-26(39-5-2)18-21(27)3/h6-16,18-20H,4-5,17H2,1-3H3/b28-19-. The van der Waals surface area contributed by atoms with Crippen LogP contribution in [0, 0.1) is 6.92 Å². The van der Waals surface area contributed by atoms with E-state index in [1.165, 1.54) is 15.9 Å². The van der Waals surface area contributed by atoms with Crippen molar-refractivity contribution in [1.82, 2.24) is 24.4 Å². The summed E-state index contributed by atoms with van der Waals surface area (Å²) in [7, 11) is 0. The zero-order valence-electron chi connectivity index (χ0n) is 23.1. The van der Waals surface area contributed by atoms with Gasteiger partial charge in [-0.15, -0.1) is 5.10 Å². The second-order valence-electron chi connectivity index (χ2n) is 9.54. The van der Waals surface area contributed by atoms with Crippen molar-refractivity contribution in [3.05, 3.63) is 105 Å². The molecule has 6 rings (SSSR count). The van der Waals surface area contributed by atoms with Gasteiger partial charge < -0.3 is 9.47 Å². The fourth-order valence-corrected chi connectivity index (χ4v) is 5.49. The second kappa shape index (κ2) is 11.4. The van der Waals surface area contributed by atoms with E-state index < -0.39 is 0 Å². The Bertz CT molecular complexity index is 1920. The molecule has 0 saturated heterocycles. The quantitative estimate of drug-likeness (QED) is 0.224. The maximum Gasteiger partial charge on any atom is 0.291 e. The molecule has 0 aliphatic carbocycles. The zero-order valence-corrected chi connectivity index (χ0v) is 23.9. The average Bonchev–Trinajstić information content (AvgIpc) is 3.68. The Balaban J connectivity index is 1.41. The number of thiazole rings is 1. The minimum absolute atomic E-state index is 0.214. The number of para-hydroxylation sites is 1. The predicted molar refractivity (Wildman–Crippen MR) is 162 cm³/mol. The lowest BCUT2D eigenvalue weighted by Crippen LogP contribution is -2.23. The van der Waals surface area contributed by atoms with Crippen LogP contribution in [0.15, 0.2) is 83.8 Å². The summed E-state index contributed by atoms with van der Waals surface area (Å²) < 4.78 is 15.1. The van der Waals surface area contributed by atoms with Gasteiger partial charge in [0.1, 0.15) is 17.2 Å². The first-order chi connectivity index (χ1) is 20.0. The van der Waals surface area contributed by atoms with Crippen molar-refractivity contribution in [3.63, 3.8) is 0 Å². The molecule has 0 saturated carbocycles. The molecule has 0 radical (unpaired) electrons. The fourth-order valence-electron chi connectivity index (χ4n) is 4.59. The molecular weight excluding hydrogens is 534 g/mol. The Kier molecular flexibility index (Phi) is 7.35. The molecular formula is C32H29N5O3S. The molecule has 3 heterocycles. The molecule has 8 nitrogen and oxygen atoms in total. The summed E-state index contributed by atoms with van der Waals surface area (Å²) in [5, 5.41) is 9.45. The minimum atomic E-state index is -0.214. The van der Waals surface area contributed by atoms with Gasteiger partial charge in [0, 0.05) is 22.9 Å². The molecule has 0 spiro atoms. The van der Waals surface area contributed by atoms with E-state index in [-0.39, 0.29) is 5.56 Å². The molecule has 0 bridgehead atoms. The van der Waals surface area contributed by atoms with E-state index in [4.69, 9.17) is 14.6 Å². The highest BCUT2D eigenvalue weighted by Crippen LogP contribution is 2.30. The first-order valence-corrected chi connectivity index (χ1v) is 14.4. The molecule has 0 atom stereocenters. The Hall–Kier alpha value is -4.76. The van der Waals surface area contributed by atoms with Crippen molar-refractivity contribution in [2.24, 2.45) is 0 Å². The van der Waals surface area contributed by atoms with E-state index in [1.807, 2.05) is 104 Å². The van der Waals surface area contributed by atoms with E-state index in [9.17, 15) is 4.79 Å². The highest BCUT2D eigenvalue weighted by atomic mass is 32.1. The molecule has 0 N–H and O–H groups in total.